The van der Waals surface area contributed by atoms with E-state index in [4.69, 9.17) is 10.2 Å². The molecule has 0 radical (unpaired) electrons. The molecule has 0 unspecified atom stereocenters. The largest absolute Gasteiger partial charge is 1.00 e. The number of carboxylic acid groups (broad SMARTS) is 2. The van der Waals surface area contributed by atoms with Gasteiger partial charge < -0.3 is 22.5 Å². The normalized spacial score (nSPS) is 6.57. The maximum Gasteiger partial charge on any atom is 1.00 e. The first-order valence-electron chi connectivity index (χ1n) is 3.77. The average Bonchev–Trinajstić information content (AvgIpc) is 1.86. The minimum Gasteiger partial charge on any atom is -0.481 e. The first kappa shape index (κ1) is 23.6. The van der Waals surface area contributed by atoms with E-state index in [1.807, 2.05) is 21.0 Å². The molecule has 0 saturated carbocycles. The number of hydrogen-bond donors (Lipinski definition) is 3. The average molecular weight is 215 g/mol. The zero-order valence-corrected chi connectivity index (χ0v) is 11.3. The van der Waals surface area contributed by atoms with Crippen LogP contribution in [0.4, 0.5) is 0 Å². The molecular weight excluding hydrogens is 197 g/mol. The number of nitrogens with one attached hydrogen (secondary N) is 1. The summed E-state index contributed by atoms with van der Waals surface area (Å²) in [7, 11) is 3.75. The van der Waals surface area contributed by atoms with Crippen molar-refractivity contribution in [1.82, 2.24) is 5.32 Å². The van der Waals surface area contributed by atoms with E-state index >= 15 is 0 Å². The molecule has 0 aromatic heterocycles. The molecule has 0 rings (SSSR count). The monoisotopic (exact) mass is 215 g/mol. The van der Waals surface area contributed by atoms with Crippen LogP contribution >= 0.6 is 0 Å². The first-order chi connectivity index (χ1) is 5.95. The Bertz CT molecular complexity index is 117. The molecule has 0 saturated heterocycles. The Balaban J connectivity index is -0.0000000610. The van der Waals surface area contributed by atoms with Crippen molar-refractivity contribution in [2.75, 3.05) is 14.1 Å². The molecule has 0 bridgehead atoms. The van der Waals surface area contributed by atoms with Gasteiger partial charge >= 0.3 is 41.5 Å². The maximum atomic E-state index is 9.43. The number of carbonyl (C=O) groups is 2. The van der Waals surface area contributed by atoms with E-state index in [2.05, 4.69) is 12.2 Å². The minimum absolute atomic E-state index is 0. The summed E-state index contributed by atoms with van der Waals surface area (Å²) in [5.74, 6) is -2.62. The van der Waals surface area contributed by atoms with Crippen LogP contribution in [0.15, 0.2) is 0 Å². The van der Waals surface area contributed by atoms with E-state index in [0.29, 0.717) is 0 Å². The van der Waals surface area contributed by atoms with Crippen LogP contribution in [0.5, 0.6) is 0 Å². The van der Waals surface area contributed by atoms with Crippen molar-refractivity contribution in [2.24, 2.45) is 0 Å². The Labute approximate surface area is 107 Å². The van der Waals surface area contributed by atoms with Crippen LogP contribution in [0.1, 0.15) is 19.8 Å². The van der Waals surface area contributed by atoms with Gasteiger partial charge in [-0.1, -0.05) is 6.92 Å². The van der Waals surface area contributed by atoms with Crippen LogP contribution in [-0.4, -0.2) is 36.2 Å². The second-order valence-electron chi connectivity index (χ2n) is 1.96. The molecule has 0 atom stereocenters. The van der Waals surface area contributed by atoms with Gasteiger partial charge in [0.25, 0.3) is 0 Å². The van der Waals surface area contributed by atoms with Crippen LogP contribution in [0.3, 0.4) is 0 Å². The van der Waals surface area contributed by atoms with Crippen molar-refractivity contribution in [3.05, 3.63) is 6.92 Å². The molecule has 0 aliphatic carbocycles. The van der Waals surface area contributed by atoms with Gasteiger partial charge in [-0.15, -0.1) is 0 Å². The number of hydrogen-bond acceptors (Lipinski definition) is 3. The first-order valence-corrected chi connectivity index (χ1v) is 3.77. The Morgan fingerprint density at radius 1 is 1.21 bits per heavy atom. The summed E-state index contributed by atoms with van der Waals surface area (Å²) < 4.78 is 0. The van der Waals surface area contributed by atoms with E-state index in [0.717, 1.165) is 6.42 Å². The Morgan fingerprint density at radius 3 is 1.36 bits per heavy atom. The summed E-state index contributed by atoms with van der Waals surface area (Å²) in [5.41, 5.74) is 0. The molecule has 0 spiro atoms. The van der Waals surface area contributed by atoms with Gasteiger partial charge in [0.15, 0.2) is 0 Å². The zero-order chi connectivity index (χ0) is 11.3. The maximum absolute atomic E-state index is 9.43. The number of carboxylic acids is 2. The van der Waals surface area contributed by atoms with Crippen LogP contribution in [-0.2, 0) is 9.59 Å². The third-order valence-corrected chi connectivity index (χ3v) is 0.302. The third kappa shape index (κ3) is 93.0. The molecular formula is C8H18NNaO4. The fourth-order valence-electron chi connectivity index (χ4n) is 0.129. The van der Waals surface area contributed by atoms with E-state index < -0.39 is 18.4 Å². The van der Waals surface area contributed by atoms with Gasteiger partial charge in [-0.25, -0.2) is 0 Å². The fraction of sp³-hybridized carbons (Fsp3) is 0.625. The predicted octanol–water partition coefficient (Wildman–Crippen LogP) is -2.38. The van der Waals surface area contributed by atoms with E-state index in [1.165, 1.54) is 0 Å². The zero-order valence-electron chi connectivity index (χ0n) is 9.33. The van der Waals surface area contributed by atoms with Crippen molar-refractivity contribution < 1.29 is 49.4 Å². The van der Waals surface area contributed by atoms with Crippen LogP contribution in [0.2, 0.25) is 0 Å². The van der Waals surface area contributed by atoms with Crippen LogP contribution in [0.25, 0.3) is 0 Å². The van der Waals surface area contributed by atoms with Gasteiger partial charge in [0.2, 0.25) is 0 Å². The Kier molecular flexibility index (Phi) is 38.9. The van der Waals surface area contributed by atoms with Crippen molar-refractivity contribution in [2.45, 2.75) is 19.8 Å². The molecule has 6 heteroatoms. The van der Waals surface area contributed by atoms with E-state index in [9.17, 15) is 9.59 Å². The number of aliphatic carboxylic acids is 2. The van der Waals surface area contributed by atoms with E-state index in [-0.39, 0.29) is 29.6 Å². The molecule has 14 heavy (non-hydrogen) atoms. The van der Waals surface area contributed by atoms with Gasteiger partial charge in [0.1, 0.15) is 6.42 Å². The van der Waals surface area contributed by atoms with Gasteiger partial charge in [-0.2, -0.15) is 6.42 Å². The minimum atomic E-state index is -1.31. The molecule has 0 aromatic carbocycles. The number of rotatable bonds is 2. The molecule has 0 fully saturated rings. The summed E-state index contributed by atoms with van der Waals surface area (Å²) in [5, 5.41) is 18.2. The predicted molar refractivity (Wildman–Crippen MR) is 50.5 cm³/mol. The van der Waals surface area contributed by atoms with Crippen molar-refractivity contribution >= 4 is 11.9 Å². The molecule has 3 N–H and O–H groups in total. The smallest absolute Gasteiger partial charge is 0.481 e. The molecule has 5 nitrogen and oxygen atoms in total. The topological polar surface area (TPSA) is 86.6 Å². The van der Waals surface area contributed by atoms with E-state index in [1.54, 1.807) is 0 Å². The van der Waals surface area contributed by atoms with Crippen molar-refractivity contribution in [3.8, 4) is 0 Å². The summed E-state index contributed by atoms with van der Waals surface area (Å²) in [6, 6.07) is 0. The Morgan fingerprint density at radius 2 is 1.36 bits per heavy atom. The SMILES string of the molecule is CNC.O=C(O)CC(=O)O.[CH2-]CC.[Na+]. The summed E-state index contributed by atoms with van der Waals surface area (Å²) in [6.45, 7) is 5.50. The fourth-order valence-corrected chi connectivity index (χ4v) is 0.129. The third-order valence-electron chi connectivity index (χ3n) is 0.302. The molecule has 0 aliphatic heterocycles. The van der Waals surface area contributed by atoms with Gasteiger partial charge in [-0.3, -0.25) is 9.59 Å². The van der Waals surface area contributed by atoms with Gasteiger partial charge in [0, 0.05) is 0 Å². The summed E-state index contributed by atoms with van der Waals surface area (Å²) in [4.78, 5) is 18.9. The standard InChI is InChI=1S/C3H4O4.C3H7.C2H7N.Na/c4-2(5)1-3(6)7;2*1-3-2;/h1H2,(H,4,5)(H,6,7);1,3H2,2H3;3H,1-2H3;/q;-1;;+1. The molecule has 0 amide bonds. The van der Waals surface area contributed by atoms with Crippen LogP contribution < -0.4 is 34.9 Å². The molecule has 80 valence electrons. The summed E-state index contributed by atoms with van der Waals surface area (Å²) >= 11 is 0. The van der Waals surface area contributed by atoms with Crippen molar-refractivity contribution in [3.63, 3.8) is 0 Å². The van der Waals surface area contributed by atoms with Crippen molar-refractivity contribution in [1.29, 1.82) is 0 Å². The molecule has 0 aliphatic rings. The second kappa shape index (κ2) is 23.1. The van der Waals surface area contributed by atoms with Gasteiger partial charge in [0.05, 0.1) is 0 Å². The van der Waals surface area contributed by atoms with Crippen LogP contribution in [0, 0.1) is 6.92 Å². The molecule has 0 aromatic rings. The summed E-state index contributed by atoms with van der Waals surface area (Å²) in [6.07, 6.45) is 0.194. The second-order valence-corrected chi connectivity index (χ2v) is 1.96. The quantitative estimate of drug-likeness (QED) is 0.272. The van der Waals surface area contributed by atoms with Gasteiger partial charge in [-0.05, 0) is 14.1 Å². The Hall–Kier alpha value is -0.100. The molecule has 0 heterocycles.